The summed E-state index contributed by atoms with van der Waals surface area (Å²) < 4.78 is 0. The van der Waals surface area contributed by atoms with Crippen LogP contribution in [0.3, 0.4) is 0 Å². The smallest absolute Gasteiger partial charge is 0.233 e. The average molecular weight is 410 g/mol. The first-order chi connectivity index (χ1) is 14.0. The molecule has 2 amide bonds. The van der Waals surface area contributed by atoms with Crippen LogP contribution in [0, 0.1) is 18.3 Å². The van der Waals surface area contributed by atoms with Gasteiger partial charge in [0.15, 0.2) is 5.16 Å². The van der Waals surface area contributed by atoms with Crippen molar-refractivity contribution in [2.24, 2.45) is 0 Å². The summed E-state index contributed by atoms with van der Waals surface area (Å²) in [6.07, 6.45) is 2.72. The zero-order chi connectivity index (χ0) is 20.7. The summed E-state index contributed by atoms with van der Waals surface area (Å²) in [5.74, 6) is 0.127. The molecule has 1 aliphatic heterocycles. The molecule has 1 aromatic carbocycles. The van der Waals surface area contributed by atoms with Crippen LogP contribution in [0.25, 0.3) is 0 Å². The number of hydrogen-bond donors (Lipinski definition) is 1. The third kappa shape index (κ3) is 4.93. The number of aryl methyl sites for hydroxylation is 1. The highest BCUT2D eigenvalue weighted by atomic mass is 32.2. The van der Waals surface area contributed by atoms with Crippen LogP contribution in [0.5, 0.6) is 0 Å². The predicted molar refractivity (Wildman–Crippen MR) is 110 cm³/mol. The third-order valence-corrected chi connectivity index (χ3v) is 6.00. The molecule has 0 bridgehead atoms. The van der Waals surface area contributed by atoms with Crippen LogP contribution in [-0.2, 0) is 15.0 Å². The molecule has 1 saturated heterocycles. The predicted octanol–water partition coefficient (Wildman–Crippen LogP) is 2.08. The molecular formula is C21H23N5O2S. The Morgan fingerprint density at radius 3 is 2.62 bits per heavy atom. The number of hydrogen-bond acceptors (Lipinski definition) is 6. The number of thioether (sulfide) groups is 1. The van der Waals surface area contributed by atoms with E-state index in [1.54, 1.807) is 11.1 Å². The van der Waals surface area contributed by atoms with E-state index >= 15 is 0 Å². The maximum Gasteiger partial charge on any atom is 0.233 e. The van der Waals surface area contributed by atoms with Gasteiger partial charge < -0.3 is 10.2 Å². The Morgan fingerprint density at radius 2 is 1.97 bits per heavy atom. The highest BCUT2D eigenvalue weighted by Crippen LogP contribution is 2.36. The SMILES string of the molecule is Cc1ccnc(SCC(=O)N2CCC(C(=O)NCC#N)(c3ccccc3)CC2)n1. The van der Waals surface area contributed by atoms with Crippen molar-refractivity contribution in [2.45, 2.75) is 30.3 Å². The lowest BCUT2D eigenvalue weighted by molar-refractivity contribution is -0.135. The quantitative estimate of drug-likeness (QED) is 0.446. The number of rotatable bonds is 6. The molecule has 1 aliphatic rings. The number of nitrogens with one attached hydrogen (secondary N) is 1. The van der Waals surface area contributed by atoms with Gasteiger partial charge in [0.25, 0.3) is 0 Å². The van der Waals surface area contributed by atoms with Crippen molar-refractivity contribution < 1.29 is 9.59 Å². The Balaban J connectivity index is 1.66. The van der Waals surface area contributed by atoms with Crippen molar-refractivity contribution in [3.63, 3.8) is 0 Å². The molecule has 0 spiro atoms. The normalized spacial score (nSPS) is 15.4. The minimum Gasteiger partial charge on any atom is -0.342 e. The zero-order valence-electron chi connectivity index (χ0n) is 16.3. The van der Waals surface area contributed by atoms with Gasteiger partial charge in [-0.2, -0.15) is 5.26 Å². The lowest BCUT2D eigenvalue weighted by Gasteiger charge is -2.41. The van der Waals surface area contributed by atoms with Crippen LogP contribution >= 0.6 is 11.8 Å². The van der Waals surface area contributed by atoms with E-state index in [1.165, 1.54) is 11.8 Å². The van der Waals surface area contributed by atoms with E-state index in [4.69, 9.17) is 5.26 Å². The van der Waals surface area contributed by atoms with Crippen LogP contribution in [0.1, 0.15) is 24.1 Å². The highest BCUT2D eigenvalue weighted by Gasteiger charge is 2.43. The summed E-state index contributed by atoms with van der Waals surface area (Å²) in [6, 6.07) is 13.4. The van der Waals surface area contributed by atoms with Gasteiger partial charge >= 0.3 is 0 Å². The number of aromatic nitrogens is 2. The third-order valence-electron chi connectivity index (χ3n) is 5.16. The summed E-state index contributed by atoms with van der Waals surface area (Å²) in [5.41, 5.74) is 1.07. The molecule has 2 aromatic rings. The maximum absolute atomic E-state index is 12.9. The van der Waals surface area contributed by atoms with Crippen LogP contribution in [-0.4, -0.2) is 52.1 Å². The van der Waals surface area contributed by atoms with E-state index in [0.29, 0.717) is 31.1 Å². The number of piperidine rings is 1. The molecule has 8 heteroatoms. The summed E-state index contributed by atoms with van der Waals surface area (Å²) >= 11 is 1.32. The summed E-state index contributed by atoms with van der Waals surface area (Å²) in [4.78, 5) is 35.8. The van der Waals surface area contributed by atoms with Gasteiger partial charge in [-0.3, -0.25) is 9.59 Å². The van der Waals surface area contributed by atoms with Gasteiger partial charge in [-0.15, -0.1) is 0 Å². The molecule has 0 saturated carbocycles. The number of carbonyl (C=O) groups excluding carboxylic acids is 2. The Morgan fingerprint density at radius 1 is 1.24 bits per heavy atom. The second-order valence-corrected chi connectivity index (χ2v) is 7.88. The molecule has 2 heterocycles. The molecule has 29 heavy (non-hydrogen) atoms. The number of amides is 2. The second-order valence-electron chi connectivity index (χ2n) is 6.94. The minimum absolute atomic E-state index is 0.0131. The number of nitrogens with zero attached hydrogens (tertiary/aromatic N) is 4. The van der Waals surface area contributed by atoms with Crippen molar-refractivity contribution in [1.82, 2.24) is 20.2 Å². The standard InChI is InChI=1S/C21H23N5O2S/c1-16-7-11-24-20(25-16)29-15-18(27)26-13-8-21(9-14-26,19(28)23-12-10-22)17-5-3-2-4-6-17/h2-7,11H,8-9,12-15H2,1H3,(H,23,28). The van der Waals surface area contributed by atoms with Crippen molar-refractivity contribution in [3.8, 4) is 6.07 Å². The Bertz CT molecular complexity index is 905. The van der Waals surface area contributed by atoms with E-state index in [-0.39, 0.29) is 24.1 Å². The van der Waals surface area contributed by atoms with Gasteiger partial charge in [-0.25, -0.2) is 9.97 Å². The zero-order valence-corrected chi connectivity index (χ0v) is 17.1. The first-order valence-corrected chi connectivity index (χ1v) is 10.4. The number of nitriles is 1. The molecule has 1 aromatic heterocycles. The molecule has 0 unspecified atom stereocenters. The molecule has 1 fully saturated rings. The number of benzene rings is 1. The fourth-order valence-electron chi connectivity index (χ4n) is 3.54. The lowest BCUT2D eigenvalue weighted by Crippen LogP contribution is -2.53. The van der Waals surface area contributed by atoms with Crippen LogP contribution in [0.15, 0.2) is 47.8 Å². The van der Waals surface area contributed by atoms with Crippen molar-refractivity contribution in [1.29, 1.82) is 5.26 Å². The van der Waals surface area contributed by atoms with Gasteiger partial charge in [0.05, 0.1) is 17.2 Å². The van der Waals surface area contributed by atoms with Crippen molar-refractivity contribution in [2.75, 3.05) is 25.4 Å². The van der Waals surface area contributed by atoms with E-state index in [9.17, 15) is 9.59 Å². The van der Waals surface area contributed by atoms with Crippen LogP contribution in [0.4, 0.5) is 0 Å². The largest absolute Gasteiger partial charge is 0.342 e. The van der Waals surface area contributed by atoms with E-state index in [2.05, 4.69) is 15.3 Å². The van der Waals surface area contributed by atoms with Gasteiger partial charge in [0, 0.05) is 25.0 Å². The fourth-order valence-corrected chi connectivity index (χ4v) is 4.32. The topological polar surface area (TPSA) is 99.0 Å². The monoisotopic (exact) mass is 409 g/mol. The van der Waals surface area contributed by atoms with Gasteiger partial charge in [-0.1, -0.05) is 42.1 Å². The number of carbonyl (C=O) groups is 2. The Hall–Kier alpha value is -2.92. The molecule has 0 radical (unpaired) electrons. The molecular weight excluding hydrogens is 386 g/mol. The molecule has 7 nitrogen and oxygen atoms in total. The molecule has 1 N–H and O–H groups in total. The van der Waals surface area contributed by atoms with E-state index in [1.807, 2.05) is 49.4 Å². The Labute approximate surface area is 174 Å². The van der Waals surface area contributed by atoms with Gasteiger partial charge in [-0.05, 0) is 31.4 Å². The summed E-state index contributed by atoms with van der Waals surface area (Å²) in [5, 5.41) is 12.1. The van der Waals surface area contributed by atoms with Crippen LogP contribution in [0.2, 0.25) is 0 Å². The first-order valence-electron chi connectivity index (χ1n) is 9.46. The minimum atomic E-state index is -0.721. The van der Waals surface area contributed by atoms with E-state index < -0.39 is 5.41 Å². The van der Waals surface area contributed by atoms with Gasteiger partial charge in [0.1, 0.15) is 6.54 Å². The van der Waals surface area contributed by atoms with Crippen molar-refractivity contribution in [3.05, 3.63) is 53.9 Å². The van der Waals surface area contributed by atoms with Crippen molar-refractivity contribution >= 4 is 23.6 Å². The lowest BCUT2D eigenvalue weighted by atomic mass is 9.72. The fraction of sp³-hybridized carbons (Fsp3) is 0.381. The first kappa shape index (κ1) is 20.8. The molecule has 150 valence electrons. The molecule has 3 rings (SSSR count). The van der Waals surface area contributed by atoms with Crippen LogP contribution < -0.4 is 5.32 Å². The molecule has 0 atom stereocenters. The number of likely N-dealkylation sites (tertiary alicyclic amines) is 1. The summed E-state index contributed by atoms with van der Waals surface area (Å²) in [6.45, 7) is 2.84. The molecule has 0 aliphatic carbocycles. The average Bonchev–Trinajstić information content (AvgIpc) is 2.76. The van der Waals surface area contributed by atoms with Gasteiger partial charge in [0.2, 0.25) is 11.8 Å². The Kier molecular flexibility index (Phi) is 6.83. The highest BCUT2D eigenvalue weighted by molar-refractivity contribution is 7.99. The van der Waals surface area contributed by atoms with E-state index in [0.717, 1.165) is 11.3 Å². The summed E-state index contributed by atoms with van der Waals surface area (Å²) in [7, 11) is 0. The second kappa shape index (κ2) is 9.52. The maximum atomic E-state index is 12.9.